The lowest BCUT2D eigenvalue weighted by atomic mass is 9.65. The average molecular weight is 382 g/mol. The van der Waals surface area contributed by atoms with Gasteiger partial charge in [-0.15, -0.1) is 0 Å². The van der Waals surface area contributed by atoms with E-state index in [4.69, 9.17) is 0 Å². The fourth-order valence-corrected chi connectivity index (χ4v) is 3.98. The lowest BCUT2D eigenvalue weighted by Crippen LogP contribution is -2.30. The summed E-state index contributed by atoms with van der Waals surface area (Å²) in [6, 6.07) is 16.0. The quantitative estimate of drug-likeness (QED) is 0.753. The molecule has 0 saturated heterocycles. The molecule has 0 atom stereocenters. The van der Waals surface area contributed by atoms with Crippen molar-refractivity contribution >= 4 is 23.6 Å². The second-order valence-electron chi connectivity index (χ2n) is 7.03. The van der Waals surface area contributed by atoms with Gasteiger partial charge in [0.25, 0.3) is 0 Å². The Morgan fingerprint density at radius 3 is 1.46 bits per heavy atom. The molecule has 6 heteroatoms. The number of carbonyl (C=O) groups excluding carboxylic acids is 2. The Bertz CT molecular complexity index is 746. The largest absolute Gasteiger partial charge is 0.453 e. The van der Waals surface area contributed by atoms with E-state index in [1.54, 1.807) is 0 Å². The van der Waals surface area contributed by atoms with E-state index >= 15 is 0 Å². The minimum atomic E-state index is -0.478. The van der Waals surface area contributed by atoms with Crippen LogP contribution >= 0.6 is 0 Å². The first-order valence-electron chi connectivity index (χ1n) is 9.48. The number of amides is 2. The summed E-state index contributed by atoms with van der Waals surface area (Å²) >= 11 is 0. The molecule has 2 aromatic rings. The molecule has 0 radical (unpaired) electrons. The van der Waals surface area contributed by atoms with Gasteiger partial charge in [0.15, 0.2) is 0 Å². The zero-order valence-electron chi connectivity index (χ0n) is 16.3. The normalized spacial score (nSPS) is 15.4. The van der Waals surface area contributed by atoms with Crippen molar-refractivity contribution in [3.8, 4) is 0 Å². The predicted molar refractivity (Wildman–Crippen MR) is 109 cm³/mol. The summed E-state index contributed by atoms with van der Waals surface area (Å²) in [4.78, 5) is 22.8. The number of anilines is 2. The lowest BCUT2D eigenvalue weighted by molar-refractivity contribution is 0.186. The maximum absolute atomic E-state index is 11.4. The number of hydrogen-bond donors (Lipinski definition) is 2. The van der Waals surface area contributed by atoms with Crippen LogP contribution in [0.4, 0.5) is 21.0 Å². The number of rotatable bonds is 4. The Labute approximate surface area is 165 Å². The second kappa shape index (κ2) is 8.78. The van der Waals surface area contributed by atoms with Crippen LogP contribution < -0.4 is 10.6 Å². The van der Waals surface area contributed by atoms with Gasteiger partial charge in [0, 0.05) is 16.8 Å². The Hall–Kier alpha value is -3.02. The van der Waals surface area contributed by atoms with Gasteiger partial charge in [-0.2, -0.15) is 0 Å². The molecule has 1 fully saturated rings. The SMILES string of the molecule is COC(=O)Nc1ccc(C2(c3ccc(NC(=O)OC)cc3)CCCCC2)cc1. The predicted octanol–water partition coefficient (Wildman–Crippen LogP) is 5.29. The van der Waals surface area contributed by atoms with Crippen molar-refractivity contribution in [2.24, 2.45) is 0 Å². The molecule has 1 aliphatic rings. The monoisotopic (exact) mass is 382 g/mol. The van der Waals surface area contributed by atoms with Gasteiger partial charge in [0.2, 0.25) is 0 Å². The number of benzene rings is 2. The van der Waals surface area contributed by atoms with Gasteiger partial charge >= 0.3 is 12.2 Å². The van der Waals surface area contributed by atoms with Gasteiger partial charge < -0.3 is 9.47 Å². The highest BCUT2D eigenvalue weighted by Crippen LogP contribution is 2.45. The smallest absolute Gasteiger partial charge is 0.411 e. The van der Waals surface area contributed by atoms with Gasteiger partial charge in [-0.25, -0.2) is 9.59 Å². The van der Waals surface area contributed by atoms with Crippen LogP contribution in [0.5, 0.6) is 0 Å². The molecule has 0 unspecified atom stereocenters. The van der Waals surface area contributed by atoms with Crippen LogP contribution in [0.3, 0.4) is 0 Å². The van der Waals surface area contributed by atoms with E-state index in [2.05, 4.69) is 44.4 Å². The molecule has 148 valence electrons. The van der Waals surface area contributed by atoms with Crippen molar-refractivity contribution in [2.75, 3.05) is 24.9 Å². The summed E-state index contributed by atoms with van der Waals surface area (Å²) in [6.45, 7) is 0. The zero-order chi connectivity index (χ0) is 20.0. The third kappa shape index (κ3) is 4.27. The molecule has 2 aromatic carbocycles. The minimum absolute atomic E-state index is 0.0637. The second-order valence-corrected chi connectivity index (χ2v) is 7.03. The molecule has 0 spiro atoms. The summed E-state index contributed by atoms with van der Waals surface area (Å²) in [5.41, 5.74) is 3.82. The molecule has 28 heavy (non-hydrogen) atoms. The van der Waals surface area contributed by atoms with E-state index in [9.17, 15) is 9.59 Å². The minimum Gasteiger partial charge on any atom is -0.453 e. The molecule has 1 aliphatic carbocycles. The highest BCUT2D eigenvalue weighted by Gasteiger charge is 2.35. The van der Waals surface area contributed by atoms with Crippen LogP contribution in [0.15, 0.2) is 48.5 Å². The molecule has 0 bridgehead atoms. The zero-order valence-corrected chi connectivity index (χ0v) is 16.3. The average Bonchev–Trinajstić information content (AvgIpc) is 2.75. The van der Waals surface area contributed by atoms with E-state index in [1.165, 1.54) is 44.6 Å². The standard InChI is InChI=1S/C22H26N2O4/c1-27-20(25)23-18-10-6-16(7-11-18)22(14-4-3-5-15-22)17-8-12-19(13-9-17)24-21(26)28-2/h6-13H,3-5,14-15H2,1-2H3,(H,23,25)(H,24,26). The molecule has 1 saturated carbocycles. The van der Waals surface area contributed by atoms with Crippen molar-refractivity contribution < 1.29 is 19.1 Å². The van der Waals surface area contributed by atoms with Crippen molar-refractivity contribution in [3.05, 3.63) is 59.7 Å². The Balaban J connectivity index is 1.88. The third-order valence-electron chi connectivity index (χ3n) is 5.45. The number of methoxy groups -OCH3 is 2. The lowest BCUT2D eigenvalue weighted by Gasteiger charge is -2.39. The van der Waals surface area contributed by atoms with E-state index in [0.717, 1.165) is 12.8 Å². The maximum atomic E-state index is 11.4. The maximum Gasteiger partial charge on any atom is 0.411 e. The first kappa shape index (κ1) is 19.7. The summed E-state index contributed by atoms with van der Waals surface area (Å²) < 4.78 is 9.30. The summed E-state index contributed by atoms with van der Waals surface area (Å²) in [6.07, 6.45) is 4.77. The third-order valence-corrected chi connectivity index (χ3v) is 5.45. The Kier molecular flexibility index (Phi) is 6.19. The van der Waals surface area contributed by atoms with Crippen molar-refractivity contribution in [1.29, 1.82) is 0 Å². The Morgan fingerprint density at radius 2 is 1.11 bits per heavy atom. The van der Waals surface area contributed by atoms with E-state index < -0.39 is 12.2 Å². The van der Waals surface area contributed by atoms with Gasteiger partial charge in [-0.05, 0) is 48.2 Å². The fraction of sp³-hybridized carbons (Fsp3) is 0.364. The topological polar surface area (TPSA) is 76.7 Å². The van der Waals surface area contributed by atoms with Crippen LogP contribution in [0, 0.1) is 0 Å². The van der Waals surface area contributed by atoms with Crippen LogP contribution in [0.1, 0.15) is 43.2 Å². The Morgan fingerprint density at radius 1 is 0.714 bits per heavy atom. The molecule has 0 heterocycles. The number of hydrogen-bond acceptors (Lipinski definition) is 4. The molecule has 3 rings (SSSR count). The van der Waals surface area contributed by atoms with Crippen molar-refractivity contribution in [2.45, 2.75) is 37.5 Å². The molecule has 0 aliphatic heterocycles. The van der Waals surface area contributed by atoms with Crippen molar-refractivity contribution in [3.63, 3.8) is 0 Å². The molecular weight excluding hydrogens is 356 g/mol. The molecular formula is C22H26N2O4. The first-order chi connectivity index (χ1) is 13.6. The number of nitrogens with one attached hydrogen (secondary N) is 2. The molecule has 0 aromatic heterocycles. The summed E-state index contributed by atoms with van der Waals surface area (Å²) in [5.74, 6) is 0. The summed E-state index contributed by atoms with van der Waals surface area (Å²) in [7, 11) is 2.69. The van der Waals surface area contributed by atoms with Crippen molar-refractivity contribution in [1.82, 2.24) is 0 Å². The van der Waals surface area contributed by atoms with E-state index in [1.807, 2.05) is 24.3 Å². The highest BCUT2D eigenvalue weighted by atomic mass is 16.5. The number of carbonyl (C=O) groups is 2. The van der Waals surface area contributed by atoms with Crippen LogP contribution in [-0.2, 0) is 14.9 Å². The van der Waals surface area contributed by atoms with Gasteiger partial charge in [-0.1, -0.05) is 43.5 Å². The molecule has 2 N–H and O–H groups in total. The van der Waals surface area contributed by atoms with Crippen LogP contribution in [0.2, 0.25) is 0 Å². The fourth-order valence-electron chi connectivity index (χ4n) is 3.98. The molecule has 2 amide bonds. The first-order valence-corrected chi connectivity index (χ1v) is 9.48. The van der Waals surface area contributed by atoms with E-state index in [-0.39, 0.29) is 5.41 Å². The van der Waals surface area contributed by atoms with Gasteiger partial charge in [-0.3, -0.25) is 10.6 Å². The van der Waals surface area contributed by atoms with Crippen LogP contribution in [-0.4, -0.2) is 26.4 Å². The van der Waals surface area contributed by atoms with Gasteiger partial charge in [0.05, 0.1) is 14.2 Å². The highest BCUT2D eigenvalue weighted by molar-refractivity contribution is 5.85. The number of ether oxygens (including phenoxy) is 2. The van der Waals surface area contributed by atoms with E-state index in [0.29, 0.717) is 11.4 Å². The summed E-state index contributed by atoms with van der Waals surface area (Å²) in [5, 5.41) is 5.38. The van der Waals surface area contributed by atoms with Gasteiger partial charge in [0.1, 0.15) is 0 Å². The molecule has 6 nitrogen and oxygen atoms in total. The van der Waals surface area contributed by atoms with Crippen LogP contribution in [0.25, 0.3) is 0 Å².